The Hall–Kier alpha value is -2.18. The SMILES string of the molecule is CC(C)c1cc(NC2CCCN(C(=O)C3CC3)C2)c2nncn2n1. The van der Waals surface area contributed by atoms with Gasteiger partial charge in [-0.1, -0.05) is 13.8 Å². The van der Waals surface area contributed by atoms with Crippen molar-refractivity contribution in [3.8, 4) is 0 Å². The maximum absolute atomic E-state index is 12.3. The first-order valence-corrected chi connectivity index (χ1v) is 8.88. The lowest BCUT2D eigenvalue weighted by Gasteiger charge is -2.34. The Morgan fingerprint density at radius 1 is 1.33 bits per heavy atom. The predicted octanol–water partition coefficient (Wildman–Crippen LogP) is 2.06. The van der Waals surface area contributed by atoms with E-state index in [9.17, 15) is 4.79 Å². The normalized spacial score (nSPS) is 21.5. The van der Waals surface area contributed by atoms with Crippen molar-refractivity contribution >= 4 is 17.2 Å². The Labute approximate surface area is 141 Å². The molecule has 24 heavy (non-hydrogen) atoms. The van der Waals surface area contributed by atoms with Gasteiger partial charge < -0.3 is 10.2 Å². The molecular formula is C17H24N6O. The van der Waals surface area contributed by atoms with E-state index in [1.54, 1.807) is 10.8 Å². The molecule has 4 rings (SSSR count). The van der Waals surface area contributed by atoms with Gasteiger partial charge in [-0.3, -0.25) is 4.79 Å². The number of nitrogens with zero attached hydrogens (tertiary/aromatic N) is 5. The molecule has 1 saturated heterocycles. The highest BCUT2D eigenvalue weighted by Crippen LogP contribution is 2.32. The van der Waals surface area contributed by atoms with Gasteiger partial charge in [0.15, 0.2) is 0 Å². The Balaban J connectivity index is 1.54. The zero-order chi connectivity index (χ0) is 16.7. The molecule has 1 saturated carbocycles. The van der Waals surface area contributed by atoms with Crippen molar-refractivity contribution in [2.75, 3.05) is 18.4 Å². The summed E-state index contributed by atoms with van der Waals surface area (Å²) < 4.78 is 1.73. The van der Waals surface area contributed by atoms with Crippen molar-refractivity contribution in [2.45, 2.75) is 51.5 Å². The van der Waals surface area contributed by atoms with Crippen molar-refractivity contribution in [3.63, 3.8) is 0 Å². The lowest BCUT2D eigenvalue weighted by molar-refractivity contribution is -0.133. The van der Waals surface area contributed by atoms with Gasteiger partial charge in [0.05, 0.1) is 11.4 Å². The molecule has 1 aliphatic carbocycles. The van der Waals surface area contributed by atoms with Crippen LogP contribution in [0.3, 0.4) is 0 Å². The molecule has 2 aromatic heterocycles. The van der Waals surface area contributed by atoms with Crippen LogP contribution in [0.4, 0.5) is 5.69 Å². The number of fused-ring (bicyclic) bond motifs is 1. The number of hydrogen-bond donors (Lipinski definition) is 1. The maximum Gasteiger partial charge on any atom is 0.225 e. The summed E-state index contributed by atoms with van der Waals surface area (Å²) >= 11 is 0. The Morgan fingerprint density at radius 3 is 2.92 bits per heavy atom. The number of likely N-dealkylation sites (tertiary alicyclic amines) is 1. The average Bonchev–Trinajstić information content (AvgIpc) is 3.31. The number of aromatic nitrogens is 4. The third-order valence-electron chi connectivity index (χ3n) is 4.90. The predicted molar refractivity (Wildman–Crippen MR) is 90.8 cm³/mol. The highest BCUT2D eigenvalue weighted by molar-refractivity contribution is 5.81. The molecule has 0 aromatic carbocycles. The molecule has 2 aromatic rings. The first kappa shape index (κ1) is 15.4. The second kappa shape index (κ2) is 6.03. The molecule has 1 aliphatic heterocycles. The van der Waals surface area contributed by atoms with Crippen LogP contribution in [0.1, 0.15) is 51.1 Å². The van der Waals surface area contributed by atoms with E-state index in [0.717, 1.165) is 55.8 Å². The third kappa shape index (κ3) is 2.95. The number of rotatable bonds is 4. The standard InChI is InChI=1S/C17H24N6O/c1-11(2)14-8-15(16-20-18-10-23(16)21-14)19-13-4-3-7-22(9-13)17(24)12-5-6-12/h8,10-13,19H,3-7,9H2,1-2H3. The molecule has 3 heterocycles. The van der Waals surface area contributed by atoms with Crippen molar-refractivity contribution in [1.29, 1.82) is 0 Å². The molecule has 1 unspecified atom stereocenters. The minimum absolute atomic E-state index is 0.254. The molecule has 7 heteroatoms. The number of amides is 1. The van der Waals surface area contributed by atoms with Crippen LogP contribution in [0.15, 0.2) is 12.4 Å². The van der Waals surface area contributed by atoms with E-state index in [4.69, 9.17) is 0 Å². The zero-order valence-electron chi connectivity index (χ0n) is 14.3. The molecule has 1 atom stereocenters. The highest BCUT2D eigenvalue weighted by atomic mass is 16.2. The fourth-order valence-electron chi connectivity index (χ4n) is 3.34. The van der Waals surface area contributed by atoms with Gasteiger partial charge in [0.2, 0.25) is 11.6 Å². The van der Waals surface area contributed by atoms with Crippen molar-refractivity contribution in [1.82, 2.24) is 24.7 Å². The van der Waals surface area contributed by atoms with Crippen LogP contribution < -0.4 is 5.32 Å². The molecule has 0 bridgehead atoms. The van der Waals surface area contributed by atoms with Crippen LogP contribution >= 0.6 is 0 Å². The molecule has 0 radical (unpaired) electrons. The fourth-order valence-corrected chi connectivity index (χ4v) is 3.34. The van der Waals surface area contributed by atoms with E-state index < -0.39 is 0 Å². The third-order valence-corrected chi connectivity index (χ3v) is 4.90. The zero-order valence-corrected chi connectivity index (χ0v) is 14.3. The van der Waals surface area contributed by atoms with E-state index in [2.05, 4.69) is 40.5 Å². The molecule has 1 amide bonds. The lowest BCUT2D eigenvalue weighted by Crippen LogP contribution is -2.45. The number of hydrogen-bond acceptors (Lipinski definition) is 5. The summed E-state index contributed by atoms with van der Waals surface area (Å²) in [6.07, 6.45) is 5.87. The van der Waals surface area contributed by atoms with E-state index in [-0.39, 0.29) is 6.04 Å². The number of carbonyl (C=O) groups is 1. The van der Waals surface area contributed by atoms with Gasteiger partial charge in [-0.05, 0) is 37.7 Å². The van der Waals surface area contributed by atoms with Gasteiger partial charge in [0.1, 0.15) is 6.33 Å². The van der Waals surface area contributed by atoms with Gasteiger partial charge in [-0.25, -0.2) is 0 Å². The second-order valence-corrected chi connectivity index (χ2v) is 7.28. The van der Waals surface area contributed by atoms with Crippen LogP contribution in [0.2, 0.25) is 0 Å². The topological polar surface area (TPSA) is 75.4 Å². The van der Waals surface area contributed by atoms with Gasteiger partial charge in [-0.2, -0.15) is 9.61 Å². The maximum atomic E-state index is 12.3. The Kier molecular flexibility index (Phi) is 3.86. The monoisotopic (exact) mass is 328 g/mol. The van der Waals surface area contributed by atoms with Gasteiger partial charge in [0, 0.05) is 25.0 Å². The summed E-state index contributed by atoms with van der Waals surface area (Å²) in [5, 5.41) is 16.3. The Bertz CT molecular complexity index is 751. The largest absolute Gasteiger partial charge is 0.377 e. The summed E-state index contributed by atoms with van der Waals surface area (Å²) in [6.45, 7) is 5.91. The molecular weight excluding hydrogens is 304 g/mol. The van der Waals surface area contributed by atoms with Crippen LogP contribution in [0.5, 0.6) is 0 Å². The van der Waals surface area contributed by atoms with Crippen molar-refractivity contribution < 1.29 is 4.79 Å². The Morgan fingerprint density at radius 2 is 2.17 bits per heavy atom. The van der Waals surface area contributed by atoms with Crippen molar-refractivity contribution in [2.24, 2.45) is 5.92 Å². The lowest BCUT2D eigenvalue weighted by atomic mass is 10.0. The summed E-state index contributed by atoms with van der Waals surface area (Å²) in [5.41, 5.74) is 2.70. The molecule has 0 spiro atoms. The van der Waals surface area contributed by atoms with Crippen LogP contribution in [-0.4, -0.2) is 49.7 Å². The minimum atomic E-state index is 0.254. The summed E-state index contributed by atoms with van der Waals surface area (Å²) in [5.74, 6) is 0.962. The molecule has 2 aliphatic rings. The van der Waals surface area contributed by atoms with E-state index in [1.165, 1.54) is 0 Å². The molecule has 128 valence electrons. The first-order valence-electron chi connectivity index (χ1n) is 8.88. The second-order valence-electron chi connectivity index (χ2n) is 7.28. The minimum Gasteiger partial charge on any atom is -0.377 e. The van der Waals surface area contributed by atoms with Crippen LogP contribution in [0, 0.1) is 5.92 Å². The fraction of sp³-hybridized carbons (Fsp3) is 0.647. The van der Waals surface area contributed by atoms with E-state index in [0.29, 0.717) is 17.7 Å². The van der Waals surface area contributed by atoms with Crippen molar-refractivity contribution in [3.05, 3.63) is 18.1 Å². The van der Waals surface area contributed by atoms with Gasteiger partial charge in [0.25, 0.3) is 0 Å². The van der Waals surface area contributed by atoms with Gasteiger partial charge in [-0.15, -0.1) is 10.2 Å². The average molecular weight is 328 g/mol. The number of carbonyl (C=O) groups excluding carboxylic acids is 1. The van der Waals surface area contributed by atoms with Gasteiger partial charge >= 0.3 is 0 Å². The quantitative estimate of drug-likeness (QED) is 0.930. The molecule has 2 fully saturated rings. The first-order chi connectivity index (χ1) is 11.6. The van der Waals surface area contributed by atoms with E-state index in [1.807, 2.05) is 4.90 Å². The van der Waals surface area contributed by atoms with Crippen LogP contribution in [-0.2, 0) is 4.79 Å². The number of anilines is 1. The van der Waals surface area contributed by atoms with Crippen LogP contribution in [0.25, 0.3) is 5.65 Å². The smallest absolute Gasteiger partial charge is 0.225 e. The summed E-state index contributed by atoms with van der Waals surface area (Å²) in [4.78, 5) is 14.4. The number of piperidine rings is 1. The summed E-state index contributed by atoms with van der Waals surface area (Å²) in [6, 6.07) is 2.32. The highest BCUT2D eigenvalue weighted by Gasteiger charge is 2.35. The number of nitrogens with one attached hydrogen (secondary N) is 1. The molecule has 1 N–H and O–H groups in total. The molecule has 7 nitrogen and oxygen atoms in total. The van der Waals surface area contributed by atoms with E-state index >= 15 is 0 Å². The summed E-state index contributed by atoms with van der Waals surface area (Å²) in [7, 11) is 0.